The molecule has 2 aromatic rings. The minimum absolute atomic E-state index is 0.320. The molecule has 1 atom stereocenters. The first-order chi connectivity index (χ1) is 10.1. The first-order valence-electron chi connectivity index (χ1n) is 6.96. The third-order valence-electron chi connectivity index (χ3n) is 3.21. The summed E-state index contributed by atoms with van der Waals surface area (Å²) in [5, 5.41) is 19.3. The Hall–Kier alpha value is -2.21. The van der Waals surface area contributed by atoms with Gasteiger partial charge >= 0.3 is 5.97 Å². The number of aromatic amines is 1. The lowest BCUT2D eigenvalue weighted by molar-refractivity contribution is -0.140. The molecule has 2 heterocycles. The van der Waals surface area contributed by atoms with Gasteiger partial charge in [0, 0.05) is 30.1 Å². The molecule has 0 aliphatic carbocycles. The molecular formula is C15H20N4O2. The van der Waals surface area contributed by atoms with Gasteiger partial charge in [0.1, 0.15) is 6.04 Å². The molecule has 0 bridgehead atoms. The van der Waals surface area contributed by atoms with Crippen molar-refractivity contribution >= 4 is 5.97 Å². The van der Waals surface area contributed by atoms with Crippen LogP contribution in [0.2, 0.25) is 0 Å². The van der Waals surface area contributed by atoms with Gasteiger partial charge in [0.15, 0.2) is 0 Å². The van der Waals surface area contributed by atoms with Gasteiger partial charge in [-0.15, -0.1) is 0 Å². The lowest BCUT2D eigenvalue weighted by Crippen LogP contribution is -2.37. The normalized spacial score (nSPS) is 12.5. The average Bonchev–Trinajstić information content (AvgIpc) is 2.92. The van der Waals surface area contributed by atoms with E-state index in [4.69, 9.17) is 0 Å². The molecule has 0 aromatic carbocycles. The van der Waals surface area contributed by atoms with Gasteiger partial charge < -0.3 is 10.4 Å². The molecule has 0 saturated heterocycles. The summed E-state index contributed by atoms with van der Waals surface area (Å²) >= 11 is 0. The Balaban J connectivity index is 2.07. The summed E-state index contributed by atoms with van der Waals surface area (Å²) in [6.45, 7) is 4.47. The zero-order valence-corrected chi connectivity index (χ0v) is 12.2. The van der Waals surface area contributed by atoms with Crippen molar-refractivity contribution in [3.63, 3.8) is 0 Å². The lowest BCUT2D eigenvalue weighted by Gasteiger charge is -2.16. The zero-order chi connectivity index (χ0) is 15.2. The van der Waals surface area contributed by atoms with Crippen LogP contribution in [0.4, 0.5) is 0 Å². The van der Waals surface area contributed by atoms with E-state index in [-0.39, 0.29) is 0 Å². The first kappa shape index (κ1) is 15.2. The third-order valence-corrected chi connectivity index (χ3v) is 3.21. The number of aromatic nitrogens is 3. The number of hydrogen-bond donors (Lipinski definition) is 3. The van der Waals surface area contributed by atoms with Crippen LogP contribution in [0.25, 0.3) is 11.3 Å². The van der Waals surface area contributed by atoms with Gasteiger partial charge in [0.25, 0.3) is 0 Å². The summed E-state index contributed by atoms with van der Waals surface area (Å²) < 4.78 is 0. The van der Waals surface area contributed by atoms with Gasteiger partial charge in [-0.05, 0) is 24.5 Å². The van der Waals surface area contributed by atoms with Crippen molar-refractivity contribution < 1.29 is 9.90 Å². The van der Waals surface area contributed by atoms with Gasteiger partial charge in [0.05, 0.1) is 11.9 Å². The molecule has 0 aliphatic rings. The maximum Gasteiger partial charge on any atom is 0.320 e. The maximum atomic E-state index is 11.3. The largest absolute Gasteiger partial charge is 0.480 e. The fraction of sp³-hybridized carbons (Fsp3) is 0.400. The molecule has 6 nitrogen and oxygen atoms in total. The van der Waals surface area contributed by atoms with E-state index in [0.717, 1.165) is 16.8 Å². The first-order valence-corrected chi connectivity index (χ1v) is 6.96. The van der Waals surface area contributed by atoms with Crippen molar-refractivity contribution in [3.8, 4) is 11.3 Å². The van der Waals surface area contributed by atoms with Gasteiger partial charge in [-0.1, -0.05) is 13.8 Å². The van der Waals surface area contributed by atoms with Gasteiger partial charge in [-0.3, -0.25) is 14.9 Å². The van der Waals surface area contributed by atoms with Crippen LogP contribution in [-0.4, -0.2) is 32.3 Å². The SMILES string of the molecule is CC(C)CC(NCc1cn[nH]c1-c1cccnc1)C(=O)O. The molecule has 0 aliphatic heterocycles. The molecule has 112 valence electrons. The Morgan fingerprint density at radius 3 is 2.86 bits per heavy atom. The molecular weight excluding hydrogens is 268 g/mol. The van der Waals surface area contributed by atoms with Crippen LogP contribution in [-0.2, 0) is 11.3 Å². The molecule has 0 amide bonds. The quantitative estimate of drug-likeness (QED) is 0.725. The van der Waals surface area contributed by atoms with Crippen molar-refractivity contribution in [2.45, 2.75) is 32.9 Å². The highest BCUT2D eigenvalue weighted by molar-refractivity contribution is 5.73. The van der Waals surface area contributed by atoms with E-state index in [1.165, 1.54) is 0 Å². The molecule has 0 radical (unpaired) electrons. The highest BCUT2D eigenvalue weighted by atomic mass is 16.4. The van der Waals surface area contributed by atoms with Crippen LogP contribution in [0.15, 0.2) is 30.7 Å². The molecule has 3 N–H and O–H groups in total. The number of pyridine rings is 1. The smallest absolute Gasteiger partial charge is 0.320 e. The molecule has 0 spiro atoms. The van der Waals surface area contributed by atoms with E-state index >= 15 is 0 Å². The molecule has 2 aromatic heterocycles. The van der Waals surface area contributed by atoms with Crippen molar-refractivity contribution in [1.29, 1.82) is 0 Å². The van der Waals surface area contributed by atoms with E-state index < -0.39 is 12.0 Å². The van der Waals surface area contributed by atoms with Gasteiger partial charge in [0.2, 0.25) is 0 Å². The molecule has 6 heteroatoms. The fourth-order valence-electron chi connectivity index (χ4n) is 2.18. The fourth-order valence-corrected chi connectivity index (χ4v) is 2.18. The standard InChI is InChI=1S/C15H20N4O2/c1-10(2)6-13(15(20)21)17-8-12-9-18-19-14(12)11-4-3-5-16-7-11/h3-5,7,9-10,13,17H,6,8H2,1-2H3,(H,18,19)(H,20,21). The summed E-state index contributed by atoms with van der Waals surface area (Å²) in [5.41, 5.74) is 2.73. The van der Waals surface area contributed by atoms with Crippen molar-refractivity contribution in [1.82, 2.24) is 20.5 Å². The highest BCUT2D eigenvalue weighted by Gasteiger charge is 2.19. The molecule has 0 saturated carbocycles. The van der Waals surface area contributed by atoms with E-state index in [1.54, 1.807) is 18.6 Å². The summed E-state index contributed by atoms with van der Waals surface area (Å²) in [5.74, 6) is -0.504. The number of nitrogens with one attached hydrogen (secondary N) is 2. The van der Waals surface area contributed by atoms with Crippen LogP contribution in [0, 0.1) is 5.92 Å². The predicted molar refractivity (Wildman–Crippen MR) is 79.5 cm³/mol. The molecule has 21 heavy (non-hydrogen) atoms. The number of aliphatic carboxylic acids is 1. The third kappa shape index (κ3) is 4.13. The summed E-state index contributed by atoms with van der Waals surface area (Å²) in [6.07, 6.45) is 5.76. The minimum atomic E-state index is -0.824. The number of carbonyl (C=O) groups is 1. The Morgan fingerprint density at radius 2 is 2.24 bits per heavy atom. The van der Waals surface area contributed by atoms with Gasteiger partial charge in [-0.25, -0.2) is 0 Å². The average molecular weight is 288 g/mol. The van der Waals surface area contributed by atoms with E-state index in [9.17, 15) is 9.90 Å². The summed E-state index contributed by atoms with van der Waals surface area (Å²) in [6, 6.07) is 3.24. The van der Waals surface area contributed by atoms with E-state index in [1.807, 2.05) is 26.0 Å². The van der Waals surface area contributed by atoms with Crippen LogP contribution >= 0.6 is 0 Å². The van der Waals surface area contributed by atoms with Gasteiger partial charge in [-0.2, -0.15) is 5.10 Å². The van der Waals surface area contributed by atoms with E-state index in [0.29, 0.717) is 18.9 Å². The van der Waals surface area contributed by atoms with Crippen LogP contribution < -0.4 is 5.32 Å². The number of nitrogens with zero attached hydrogens (tertiary/aromatic N) is 2. The molecule has 1 unspecified atom stereocenters. The Kier molecular flexibility index (Phi) is 5.05. The Bertz CT molecular complexity index is 580. The minimum Gasteiger partial charge on any atom is -0.480 e. The number of carboxylic acid groups (broad SMARTS) is 1. The Labute approximate surface area is 123 Å². The second-order valence-electron chi connectivity index (χ2n) is 5.41. The van der Waals surface area contributed by atoms with Crippen molar-refractivity contribution in [3.05, 3.63) is 36.3 Å². The maximum absolute atomic E-state index is 11.3. The number of rotatable bonds is 7. The monoisotopic (exact) mass is 288 g/mol. The number of hydrogen-bond acceptors (Lipinski definition) is 4. The lowest BCUT2D eigenvalue weighted by atomic mass is 10.0. The topological polar surface area (TPSA) is 90.9 Å². The van der Waals surface area contributed by atoms with Crippen LogP contribution in [0.5, 0.6) is 0 Å². The second-order valence-corrected chi connectivity index (χ2v) is 5.41. The molecule has 0 fully saturated rings. The van der Waals surface area contributed by atoms with E-state index in [2.05, 4.69) is 20.5 Å². The van der Waals surface area contributed by atoms with Crippen molar-refractivity contribution in [2.75, 3.05) is 0 Å². The predicted octanol–water partition coefficient (Wildman–Crippen LogP) is 2.06. The van der Waals surface area contributed by atoms with Crippen molar-refractivity contribution in [2.24, 2.45) is 5.92 Å². The van der Waals surface area contributed by atoms with Crippen LogP contribution in [0.3, 0.4) is 0 Å². The molecule has 2 rings (SSSR count). The number of carboxylic acids is 1. The van der Waals surface area contributed by atoms with Crippen LogP contribution in [0.1, 0.15) is 25.8 Å². The number of H-pyrrole nitrogens is 1. The highest BCUT2D eigenvalue weighted by Crippen LogP contribution is 2.19. The summed E-state index contributed by atoms with van der Waals surface area (Å²) in [7, 11) is 0. The zero-order valence-electron chi connectivity index (χ0n) is 12.2. The second kappa shape index (κ2) is 6.99. The summed E-state index contributed by atoms with van der Waals surface area (Å²) in [4.78, 5) is 15.3. The Morgan fingerprint density at radius 1 is 1.43 bits per heavy atom.